The zero-order valence-electron chi connectivity index (χ0n) is 11.4. The van der Waals surface area contributed by atoms with E-state index in [0.29, 0.717) is 18.0 Å². The van der Waals surface area contributed by atoms with Gasteiger partial charge in [0.05, 0.1) is 0 Å². The Morgan fingerprint density at radius 2 is 1.82 bits per heavy atom. The Kier molecular flexibility index (Phi) is 5.40. The summed E-state index contributed by atoms with van der Waals surface area (Å²) in [6, 6.07) is 0.665. The van der Waals surface area contributed by atoms with Crippen molar-refractivity contribution in [3.8, 4) is 0 Å². The number of nitrogens with zero attached hydrogens (tertiary/aromatic N) is 1. The van der Waals surface area contributed by atoms with Crippen molar-refractivity contribution >= 4 is 5.97 Å². The molecule has 2 N–H and O–H groups in total. The zero-order valence-corrected chi connectivity index (χ0v) is 11.4. The van der Waals surface area contributed by atoms with E-state index in [1.165, 1.54) is 0 Å². The lowest BCUT2D eigenvalue weighted by Gasteiger charge is -2.31. The molecule has 0 radical (unpaired) electrons. The maximum Gasteiger partial charge on any atom is 0.320 e. The van der Waals surface area contributed by atoms with Crippen molar-refractivity contribution in [3.05, 3.63) is 0 Å². The van der Waals surface area contributed by atoms with E-state index in [2.05, 4.69) is 37.9 Å². The van der Waals surface area contributed by atoms with Gasteiger partial charge in [0, 0.05) is 25.2 Å². The highest BCUT2D eigenvalue weighted by Crippen LogP contribution is 2.32. The fourth-order valence-electron chi connectivity index (χ4n) is 2.35. The van der Waals surface area contributed by atoms with Gasteiger partial charge in [0.1, 0.15) is 6.04 Å². The van der Waals surface area contributed by atoms with Crippen LogP contribution in [0.3, 0.4) is 0 Å². The van der Waals surface area contributed by atoms with Gasteiger partial charge in [-0.05, 0) is 46.5 Å². The van der Waals surface area contributed by atoms with Gasteiger partial charge in [-0.2, -0.15) is 0 Å². The lowest BCUT2D eigenvalue weighted by molar-refractivity contribution is -0.140. The van der Waals surface area contributed by atoms with Crippen LogP contribution in [0.2, 0.25) is 0 Å². The first-order valence-electron chi connectivity index (χ1n) is 6.65. The molecule has 1 saturated carbocycles. The third-order valence-electron chi connectivity index (χ3n) is 3.42. The third-order valence-corrected chi connectivity index (χ3v) is 3.42. The van der Waals surface area contributed by atoms with Crippen LogP contribution in [-0.2, 0) is 4.79 Å². The van der Waals surface area contributed by atoms with Crippen LogP contribution in [0.1, 0.15) is 40.5 Å². The molecule has 1 rings (SSSR count). The van der Waals surface area contributed by atoms with Gasteiger partial charge in [-0.3, -0.25) is 9.69 Å². The van der Waals surface area contributed by atoms with Gasteiger partial charge < -0.3 is 10.4 Å². The van der Waals surface area contributed by atoms with Crippen LogP contribution in [0.15, 0.2) is 0 Å². The molecule has 0 saturated heterocycles. The predicted molar refractivity (Wildman–Crippen MR) is 69.1 cm³/mol. The second-order valence-corrected chi connectivity index (χ2v) is 5.53. The number of carbonyl (C=O) groups is 1. The van der Waals surface area contributed by atoms with Crippen molar-refractivity contribution < 1.29 is 9.90 Å². The van der Waals surface area contributed by atoms with Crippen molar-refractivity contribution in [2.45, 2.75) is 58.7 Å². The van der Waals surface area contributed by atoms with Gasteiger partial charge in [0.15, 0.2) is 0 Å². The molecule has 1 atom stereocenters. The molecule has 0 bridgehead atoms. The third kappa shape index (κ3) is 4.64. The van der Waals surface area contributed by atoms with Crippen molar-refractivity contribution in [1.82, 2.24) is 10.2 Å². The monoisotopic (exact) mass is 242 g/mol. The summed E-state index contributed by atoms with van der Waals surface area (Å²) in [7, 11) is 0. The van der Waals surface area contributed by atoms with E-state index in [1.807, 2.05) is 0 Å². The van der Waals surface area contributed by atoms with Crippen molar-refractivity contribution in [1.29, 1.82) is 0 Å². The number of nitrogens with one attached hydrogen (secondary N) is 1. The Morgan fingerprint density at radius 3 is 2.18 bits per heavy atom. The molecule has 100 valence electrons. The summed E-state index contributed by atoms with van der Waals surface area (Å²) >= 11 is 0. The number of carboxylic acid groups (broad SMARTS) is 1. The maximum absolute atomic E-state index is 11.0. The molecule has 0 spiro atoms. The predicted octanol–water partition coefficient (Wildman–Crippen LogP) is 1.56. The van der Waals surface area contributed by atoms with Gasteiger partial charge in [0.25, 0.3) is 0 Å². The standard InChI is InChI=1S/C13H26N2O2/c1-9(2)15(10(3)4)8-7-14-12(13(16)17)11-5-6-11/h9-12,14H,5-8H2,1-4H3,(H,16,17). The van der Waals surface area contributed by atoms with E-state index >= 15 is 0 Å². The fraction of sp³-hybridized carbons (Fsp3) is 0.923. The van der Waals surface area contributed by atoms with E-state index in [9.17, 15) is 4.79 Å². The quantitative estimate of drug-likeness (QED) is 0.678. The Bertz CT molecular complexity index is 242. The minimum atomic E-state index is -0.701. The first kappa shape index (κ1) is 14.5. The first-order valence-corrected chi connectivity index (χ1v) is 6.65. The van der Waals surface area contributed by atoms with Crippen LogP contribution in [0, 0.1) is 5.92 Å². The summed E-state index contributed by atoms with van der Waals surface area (Å²) in [4.78, 5) is 13.4. The number of hydrogen-bond donors (Lipinski definition) is 2. The van der Waals surface area contributed by atoms with Crippen LogP contribution in [0.25, 0.3) is 0 Å². The molecule has 0 aromatic heterocycles. The normalized spacial score (nSPS) is 18.1. The minimum absolute atomic E-state index is 0.337. The summed E-state index contributed by atoms with van der Waals surface area (Å²) < 4.78 is 0. The molecule has 1 fully saturated rings. The van der Waals surface area contributed by atoms with Crippen molar-refractivity contribution in [2.75, 3.05) is 13.1 Å². The maximum atomic E-state index is 11.0. The molecule has 1 unspecified atom stereocenters. The second-order valence-electron chi connectivity index (χ2n) is 5.53. The number of carboxylic acids is 1. The average molecular weight is 242 g/mol. The number of rotatable bonds is 8. The highest BCUT2D eigenvalue weighted by Gasteiger charge is 2.35. The highest BCUT2D eigenvalue weighted by molar-refractivity contribution is 5.74. The zero-order chi connectivity index (χ0) is 13.0. The molecule has 4 nitrogen and oxygen atoms in total. The molecule has 0 heterocycles. The smallest absolute Gasteiger partial charge is 0.320 e. The molecule has 1 aliphatic carbocycles. The molecule has 1 aliphatic rings. The topological polar surface area (TPSA) is 52.6 Å². The van der Waals surface area contributed by atoms with Crippen molar-refractivity contribution in [3.63, 3.8) is 0 Å². The SMILES string of the molecule is CC(C)N(CCNC(C(=O)O)C1CC1)C(C)C. The van der Waals surface area contributed by atoms with Crippen LogP contribution in [0.5, 0.6) is 0 Å². The Hall–Kier alpha value is -0.610. The molecule has 0 aromatic carbocycles. The van der Waals surface area contributed by atoms with Gasteiger partial charge in [-0.15, -0.1) is 0 Å². The Balaban J connectivity index is 2.31. The summed E-state index contributed by atoms with van der Waals surface area (Å²) in [6.07, 6.45) is 2.12. The largest absolute Gasteiger partial charge is 0.480 e. The van der Waals surface area contributed by atoms with E-state index in [-0.39, 0.29) is 6.04 Å². The van der Waals surface area contributed by atoms with E-state index < -0.39 is 5.97 Å². The van der Waals surface area contributed by atoms with Gasteiger partial charge in [0.2, 0.25) is 0 Å². The Labute approximate surface area is 104 Å². The van der Waals surface area contributed by atoms with Crippen LogP contribution < -0.4 is 5.32 Å². The summed E-state index contributed by atoms with van der Waals surface area (Å²) in [6.45, 7) is 10.4. The molecule has 17 heavy (non-hydrogen) atoms. The fourth-order valence-corrected chi connectivity index (χ4v) is 2.35. The van der Waals surface area contributed by atoms with Crippen LogP contribution >= 0.6 is 0 Å². The summed E-state index contributed by atoms with van der Waals surface area (Å²) in [5.41, 5.74) is 0. The van der Waals surface area contributed by atoms with Crippen LogP contribution in [-0.4, -0.2) is 47.2 Å². The molecule has 0 aliphatic heterocycles. The molecular weight excluding hydrogens is 216 g/mol. The van der Waals surface area contributed by atoms with Gasteiger partial charge in [-0.1, -0.05) is 0 Å². The minimum Gasteiger partial charge on any atom is -0.480 e. The Morgan fingerprint density at radius 1 is 1.29 bits per heavy atom. The second kappa shape index (κ2) is 6.36. The average Bonchev–Trinajstić information content (AvgIpc) is 2.99. The lowest BCUT2D eigenvalue weighted by Crippen LogP contribution is -2.46. The van der Waals surface area contributed by atoms with Crippen LogP contribution in [0.4, 0.5) is 0 Å². The van der Waals surface area contributed by atoms with E-state index in [1.54, 1.807) is 0 Å². The molecule has 0 aromatic rings. The van der Waals surface area contributed by atoms with Gasteiger partial charge in [-0.25, -0.2) is 0 Å². The van der Waals surface area contributed by atoms with E-state index in [0.717, 1.165) is 25.9 Å². The summed E-state index contributed by atoms with van der Waals surface area (Å²) in [5, 5.41) is 12.3. The molecular formula is C13H26N2O2. The molecule has 0 amide bonds. The first-order chi connectivity index (χ1) is 7.93. The lowest BCUT2D eigenvalue weighted by atomic mass is 10.2. The number of hydrogen-bond acceptors (Lipinski definition) is 3. The van der Waals surface area contributed by atoms with Crippen molar-refractivity contribution in [2.24, 2.45) is 5.92 Å². The summed E-state index contributed by atoms with van der Waals surface area (Å²) in [5.74, 6) is -0.341. The molecule has 4 heteroatoms. The van der Waals surface area contributed by atoms with E-state index in [4.69, 9.17) is 5.11 Å². The number of aliphatic carboxylic acids is 1. The highest BCUT2D eigenvalue weighted by atomic mass is 16.4. The van der Waals surface area contributed by atoms with Gasteiger partial charge >= 0.3 is 5.97 Å².